The number of carbonyl (C=O) groups excluding carboxylic acids is 2. The molecular weight excluding hydrogens is 323 g/mol. The number of carbonyl (C=O) groups is 2. The van der Waals surface area contributed by atoms with Gasteiger partial charge in [0.15, 0.2) is 0 Å². The molecule has 0 radical (unpaired) electrons. The van der Waals surface area contributed by atoms with Crippen molar-refractivity contribution < 1.29 is 18.8 Å². The summed E-state index contributed by atoms with van der Waals surface area (Å²) in [6.07, 6.45) is 2.60. The molecule has 0 bridgehead atoms. The van der Waals surface area contributed by atoms with Crippen LogP contribution in [0.15, 0.2) is 18.2 Å². The van der Waals surface area contributed by atoms with Crippen molar-refractivity contribution in [2.75, 3.05) is 19.6 Å². The number of nitrogens with zero attached hydrogens (tertiary/aromatic N) is 2. The van der Waals surface area contributed by atoms with Crippen molar-refractivity contribution in [1.82, 2.24) is 9.96 Å². The minimum absolute atomic E-state index is 0.0120. The van der Waals surface area contributed by atoms with E-state index in [0.717, 1.165) is 18.9 Å². The van der Waals surface area contributed by atoms with Gasteiger partial charge in [0.2, 0.25) is 5.91 Å². The first-order valence-electron chi connectivity index (χ1n) is 7.70. The summed E-state index contributed by atoms with van der Waals surface area (Å²) in [5, 5.41) is 1.45. The first-order chi connectivity index (χ1) is 11.0. The van der Waals surface area contributed by atoms with Crippen LogP contribution in [0.3, 0.4) is 0 Å². The maximum Gasteiger partial charge on any atom is 0.254 e. The molecule has 2 aliphatic heterocycles. The highest BCUT2D eigenvalue weighted by Gasteiger charge is 2.55. The van der Waals surface area contributed by atoms with Gasteiger partial charge in [0.05, 0.1) is 31.1 Å². The fourth-order valence-corrected chi connectivity index (χ4v) is 3.25. The van der Waals surface area contributed by atoms with Crippen molar-refractivity contribution in [3.05, 3.63) is 34.6 Å². The minimum atomic E-state index is -0.615. The van der Waals surface area contributed by atoms with Crippen LogP contribution in [0.4, 0.5) is 4.39 Å². The lowest BCUT2D eigenvalue weighted by molar-refractivity contribution is -0.230. The average molecular weight is 339 g/mol. The van der Waals surface area contributed by atoms with E-state index < -0.39 is 11.4 Å². The number of amides is 2. The highest BCUT2D eigenvalue weighted by molar-refractivity contribution is 6.30. The summed E-state index contributed by atoms with van der Waals surface area (Å²) in [6.45, 7) is 1.35. The van der Waals surface area contributed by atoms with Gasteiger partial charge < -0.3 is 4.90 Å². The predicted molar refractivity (Wildman–Crippen MR) is 80.2 cm³/mol. The zero-order valence-electron chi connectivity index (χ0n) is 12.4. The Kier molecular flexibility index (Phi) is 3.35. The number of hydrogen-bond donors (Lipinski definition) is 0. The quantitative estimate of drug-likeness (QED) is 0.849. The van der Waals surface area contributed by atoms with Crippen molar-refractivity contribution in [3.63, 3.8) is 0 Å². The molecule has 0 atom stereocenters. The fourth-order valence-electron chi connectivity index (χ4n) is 3.13. The summed E-state index contributed by atoms with van der Waals surface area (Å²) in [5.74, 6) is -0.343. The molecule has 1 spiro atoms. The van der Waals surface area contributed by atoms with Gasteiger partial charge >= 0.3 is 0 Å². The van der Waals surface area contributed by atoms with Crippen LogP contribution < -0.4 is 0 Å². The topological polar surface area (TPSA) is 49.9 Å². The van der Waals surface area contributed by atoms with Gasteiger partial charge in [-0.25, -0.2) is 9.45 Å². The number of hydroxylamine groups is 2. The molecule has 2 saturated heterocycles. The Hall–Kier alpha value is -1.66. The maximum atomic E-state index is 13.5. The third kappa shape index (κ3) is 2.70. The van der Waals surface area contributed by atoms with Crippen molar-refractivity contribution in [2.45, 2.75) is 24.9 Å². The van der Waals surface area contributed by atoms with Gasteiger partial charge in [-0.05, 0) is 37.0 Å². The fraction of sp³-hybridized carbons (Fsp3) is 0.500. The van der Waals surface area contributed by atoms with Crippen LogP contribution in [0.25, 0.3) is 0 Å². The first-order valence-corrected chi connectivity index (χ1v) is 8.07. The predicted octanol–water partition coefficient (Wildman–Crippen LogP) is 2.25. The summed E-state index contributed by atoms with van der Waals surface area (Å²) < 4.78 is 13.5. The SMILES string of the molecule is O=C(c1ccc(Cl)c(F)c1)N1CC2(CC(=O)N(CC3CC3)O2)C1. The van der Waals surface area contributed by atoms with Crippen molar-refractivity contribution >= 4 is 23.4 Å². The van der Waals surface area contributed by atoms with Crippen LogP contribution in [-0.2, 0) is 9.63 Å². The smallest absolute Gasteiger partial charge is 0.254 e. The Labute approximate surface area is 137 Å². The van der Waals surface area contributed by atoms with Gasteiger partial charge in [0.25, 0.3) is 5.91 Å². The molecule has 4 rings (SSSR count). The van der Waals surface area contributed by atoms with E-state index in [1.807, 2.05) is 0 Å². The molecule has 2 heterocycles. The molecule has 5 nitrogen and oxygen atoms in total. The molecule has 1 aromatic carbocycles. The van der Waals surface area contributed by atoms with E-state index in [4.69, 9.17) is 16.4 Å². The van der Waals surface area contributed by atoms with E-state index in [1.165, 1.54) is 17.2 Å². The largest absolute Gasteiger partial charge is 0.332 e. The zero-order chi connectivity index (χ0) is 16.2. The summed E-state index contributed by atoms with van der Waals surface area (Å²) >= 11 is 5.63. The normalized spacial score (nSPS) is 22.6. The van der Waals surface area contributed by atoms with E-state index in [2.05, 4.69) is 0 Å². The molecule has 7 heteroatoms. The molecule has 122 valence electrons. The van der Waals surface area contributed by atoms with Gasteiger partial charge in [-0.15, -0.1) is 0 Å². The second-order valence-corrected chi connectivity index (χ2v) is 7.05. The minimum Gasteiger partial charge on any atom is -0.332 e. The van der Waals surface area contributed by atoms with Crippen LogP contribution in [-0.4, -0.2) is 47.0 Å². The number of halogens is 2. The molecule has 0 N–H and O–H groups in total. The zero-order valence-corrected chi connectivity index (χ0v) is 13.2. The second-order valence-electron chi connectivity index (χ2n) is 6.64. The second kappa shape index (κ2) is 5.18. The standard InChI is InChI=1S/C16H16ClFN2O3/c17-12-4-3-11(5-13(12)18)15(22)19-8-16(9-19)6-14(21)20(23-16)7-10-1-2-10/h3-5,10H,1-2,6-9H2. The van der Waals surface area contributed by atoms with Crippen LogP contribution >= 0.6 is 11.6 Å². The van der Waals surface area contributed by atoms with Crippen LogP contribution in [0, 0.1) is 11.7 Å². The Bertz CT molecular complexity index is 686. The lowest BCUT2D eigenvalue weighted by atomic mass is 9.90. The van der Waals surface area contributed by atoms with Crippen LogP contribution in [0.1, 0.15) is 29.6 Å². The molecular formula is C16H16ClFN2O3. The molecule has 23 heavy (non-hydrogen) atoms. The molecule has 1 saturated carbocycles. The van der Waals surface area contributed by atoms with E-state index in [-0.39, 0.29) is 22.4 Å². The Balaban J connectivity index is 1.39. The van der Waals surface area contributed by atoms with Crippen LogP contribution in [0.2, 0.25) is 5.02 Å². The lowest BCUT2D eigenvalue weighted by Crippen LogP contribution is -2.63. The number of hydrogen-bond acceptors (Lipinski definition) is 3. The number of benzene rings is 1. The van der Waals surface area contributed by atoms with E-state index in [9.17, 15) is 14.0 Å². The summed E-state index contributed by atoms with van der Waals surface area (Å²) in [5.41, 5.74) is -0.340. The van der Waals surface area contributed by atoms with Crippen molar-refractivity contribution in [1.29, 1.82) is 0 Å². The molecule has 3 aliphatic rings. The summed E-state index contributed by atoms with van der Waals surface area (Å²) in [4.78, 5) is 31.7. The molecule has 1 aromatic rings. The molecule has 0 aromatic heterocycles. The van der Waals surface area contributed by atoms with Gasteiger partial charge in [-0.2, -0.15) is 0 Å². The van der Waals surface area contributed by atoms with Gasteiger partial charge in [0, 0.05) is 5.56 Å². The Morgan fingerprint density at radius 2 is 2.13 bits per heavy atom. The maximum absolute atomic E-state index is 13.5. The highest BCUT2D eigenvalue weighted by Crippen LogP contribution is 2.39. The molecule has 1 aliphatic carbocycles. The third-order valence-corrected chi connectivity index (χ3v) is 4.89. The molecule has 3 fully saturated rings. The van der Waals surface area contributed by atoms with Crippen molar-refractivity contribution in [3.8, 4) is 0 Å². The Morgan fingerprint density at radius 3 is 2.78 bits per heavy atom. The van der Waals surface area contributed by atoms with Gasteiger partial charge in [0.1, 0.15) is 11.4 Å². The van der Waals surface area contributed by atoms with Gasteiger partial charge in [-0.1, -0.05) is 11.6 Å². The average Bonchev–Trinajstić information content (AvgIpc) is 3.23. The summed E-state index contributed by atoms with van der Waals surface area (Å²) in [7, 11) is 0. The third-order valence-electron chi connectivity index (χ3n) is 4.59. The monoisotopic (exact) mass is 338 g/mol. The number of likely N-dealkylation sites (tertiary alicyclic amines) is 1. The van der Waals surface area contributed by atoms with E-state index in [0.29, 0.717) is 32.0 Å². The molecule has 0 unspecified atom stereocenters. The number of rotatable bonds is 3. The van der Waals surface area contributed by atoms with E-state index in [1.54, 1.807) is 4.90 Å². The summed E-state index contributed by atoms with van der Waals surface area (Å²) in [6, 6.07) is 4.00. The van der Waals surface area contributed by atoms with Gasteiger partial charge in [-0.3, -0.25) is 14.4 Å². The lowest BCUT2D eigenvalue weighted by Gasteiger charge is -2.45. The highest BCUT2D eigenvalue weighted by atomic mass is 35.5. The Morgan fingerprint density at radius 1 is 1.39 bits per heavy atom. The van der Waals surface area contributed by atoms with Crippen molar-refractivity contribution in [2.24, 2.45) is 5.92 Å². The first kappa shape index (κ1) is 14.9. The van der Waals surface area contributed by atoms with Crippen LogP contribution in [0.5, 0.6) is 0 Å². The van der Waals surface area contributed by atoms with E-state index >= 15 is 0 Å². The molecule has 2 amide bonds.